The molecule has 0 saturated carbocycles. The lowest BCUT2D eigenvalue weighted by molar-refractivity contribution is -0.125. The maximum absolute atomic E-state index is 13.5. The Balaban J connectivity index is 1.24. The van der Waals surface area contributed by atoms with E-state index >= 15 is 0 Å². The molecule has 4 rings (SSSR count). The number of amides is 1. The molecule has 33 heavy (non-hydrogen) atoms. The zero-order valence-corrected chi connectivity index (χ0v) is 19.5. The largest absolute Gasteiger partial charge is 0.355 e. The Morgan fingerprint density at radius 2 is 1.79 bits per heavy atom. The first-order valence-electron chi connectivity index (χ1n) is 12.2. The van der Waals surface area contributed by atoms with Gasteiger partial charge in [-0.3, -0.25) is 9.69 Å². The summed E-state index contributed by atoms with van der Waals surface area (Å²) in [5.74, 6) is 0.421. The van der Waals surface area contributed by atoms with E-state index < -0.39 is 0 Å². The Labute approximate surface area is 196 Å². The predicted octanol–water partition coefficient (Wildman–Crippen LogP) is 2.64. The van der Waals surface area contributed by atoms with Crippen molar-refractivity contribution in [2.24, 2.45) is 5.92 Å². The fourth-order valence-electron chi connectivity index (χ4n) is 4.71. The second kappa shape index (κ2) is 11.5. The van der Waals surface area contributed by atoms with Crippen molar-refractivity contribution >= 4 is 11.9 Å². The summed E-state index contributed by atoms with van der Waals surface area (Å²) < 4.78 is 13.5. The molecule has 1 aromatic heterocycles. The Morgan fingerprint density at radius 1 is 1.06 bits per heavy atom. The number of anilines is 1. The minimum absolute atomic E-state index is 0.0494. The standard InChI is InChI=1S/C25H35FN6O/c1-2-9-30-12-14-31(15-13-30)11-8-27-24(33)21-6-4-10-32(19-21)25-28-17-22(18-29-25)20-5-3-7-23(26)16-20/h3,5,7,16-18,21H,2,4,6,8-15,19H2,1H3,(H,27,33)/t21-/m0/s1. The average Bonchev–Trinajstić information content (AvgIpc) is 2.85. The third kappa shape index (κ3) is 6.48. The number of hydrogen-bond donors (Lipinski definition) is 1. The maximum Gasteiger partial charge on any atom is 0.225 e. The average molecular weight is 455 g/mol. The fraction of sp³-hybridized carbons (Fsp3) is 0.560. The van der Waals surface area contributed by atoms with Crippen LogP contribution in [0.2, 0.25) is 0 Å². The number of piperidine rings is 1. The molecule has 2 aromatic rings. The lowest BCUT2D eigenvalue weighted by atomic mass is 9.97. The summed E-state index contributed by atoms with van der Waals surface area (Å²) in [6.45, 7) is 10.9. The quantitative estimate of drug-likeness (QED) is 0.662. The molecule has 2 saturated heterocycles. The van der Waals surface area contributed by atoms with Gasteiger partial charge < -0.3 is 15.1 Å². The molecule has 1 amide bonds. The van der Waals surface area contributed by atoms with Gasteiger partial charge in [-0.2, -0.15) is 0 Å². The molecule has 0 aliphatic carbocycles. The van der Waals surface area contributed by atoms with Gasteiger partial charge in [-0.25, -0.2) is 14.4 Å². The van der Waals surface area contributed by atoms with Crippen LogP contribution in [-0.4, -0.2) is 84.6 Å². The zero-order chi connectivity index (χ0) is 23.0. The molecule has 178 valence electrons. The monoisotopic (exact) mass is 454 g/mol. The van der Waals surface area contributed by atoms with Crippen LogP contribution >= 0.6 is 0 Å². The first-order valence-corrected chi connectivity index (χ1v) is 12.2. The molecule has 0 radical (unpaired) electrons. The molecule has 1 atom stereocenters. The third-order valence-electron chi connectivity index (χ3n) is 6.60. The summed E-state index contributed by atoms with van der Waals surface area (Å²) >= 11 is 0. The molecule has 1 N–H and O–H groups in total. The number of hydrogen-bond acceptors (Lipinski definition) is 6. The van der Waals surface area contributed by atoms with E-state index in [-0.39, 0.29) is 17.6 Å². The predicted molar refractivity (Wildman–Crippen MR) is 129 cm³/mol. The Bertz CT molecular complexity index is 900. The Morgan fingerprint density at radius 3 is 2.48 bits per heavy atom. The van der Waals surface area contributed by atoms with Crippen molar-refractivity contribution in [3.63, 3.8) is 0 Å². The number of aromatic nitrogens is 2. The van der Waals surface area contributed by atoms with Gasteiger partial charge in [-0.05, 0) is 43.5 Å². The van der Waals surface area contributed by atoms with Crippen molar-refractivity contribution in [3.05, 3.63) is 42.5 Å². The summed E-state index contributed by atoms with van der Waals surface area (Å²) in [7, 11) is 0. The molecule has 2 aliphatic heterocycles. The van der Waals surface area contributed by atoms with Gasteiger partial charge in [-0.1, -0.05) is 19.1 Å². The minimum atomic E-state index is -0.278. The van der Waals surface area contributed by atoms with Crippen LogP contribution in [0.1, 0.15) is 26.2 Å². The maximum atomic E-state index is 13.5. The summed E-state index contributed by atoms with van der Waals surface area (Å²) in [6, 6.07) is 6.42. The first kappa shape index (κ1) is 23.6. The lowest BCUT2D eigenvalue weighted by Crippen LogP contribution is -2.49. The Kier molecular flexibility index (Phi) is 8.23. The van der Waals surface area contributed by atoms with Gasteiger partial charge >= 0.3 is 0 Å². The molecule has 0 unspecified atom stereocenters. The number of piperazine rings is 1. The van der Waals surface area contributed by atoms with Crippen LogP contribution in [0.25, 0.3) is 11.1 Å². The van der Waals surface area contributed by atoms with Crippen LogP contribution in [0.5, 0.6) is 0 Å². The van der Waals surface area contributed by atoms with Gasteiger partial charge in [-0.15, -0.1) is 0 Å². The number of rotatable bonds is 8. The lowest BCUT2D eigenvalue weighted by Gasteiger charge is -2.35. The molecular formula is C25H35FN6O. The second-order valence-electron chi connectivity index (χ2n) is 9.04. The minimum Gasteiger partial charge on any atom is -0.355 e. The Hall–Kier alpha value is -2.58. The van der Waals surface area contributed by atoms with E-state index in [1.807, 2.05) is 6.07 Å². The topological polar surface area (TPSA) is 64.6 Å². The molecule has 0 bridgehead atoms. The van der Waals surface area contributed by atoms with E-state index in [4.69, 9.17) is 0 Å². The van der Waals surface area contributed by atoms with Crippen LogP contribution < -0.4 is 10.2 Å². The summed E-state index contributed by atoms with van der Waals surface area (Å²) in [5.41, 5.74) is 1.53. The molecule has 0 spiro atoms. The van der Waals surface area contributed by atoms with E-state index in [9.17, 15) is 9.18 Å². The summed E-state index contributed by atoms with van der Waals surface area (Å²) in [4.78, 5) is 28.8. The van der Waals surface area contributed by atoms with E-state index in [1.54, 1.807) is 18.5 Å². The van der Waals surface area contributed by atoms with Gasteiger partial charge in [0.15, 0.2) is 0 Å². The van der Waals surface area contributed by atoms with E-state index in [1.165, 1.54) is 25.1 Å². The highest BCUT2D eigenvalue weighted by atomic mass is 19.1. The molecular weight excluding hydrogens is 419 g/mol. The molecule has 7 nitrogen and oxygen atoms in total. The fourth-order valence-corrected chi connectivity index (χ4v) is 4.71. The van der Waals surface area contributed by atoms with Gasteiger partial charge in [0.25, 0.3) is 0 Å². The van der Waals surface area contributed by atoms with E-state index in [0.29, 0.717) is 19.0 Å². The first-order chi connectivity index (χ1) is 16.1. The van der Waals surface area contributed by atoms with Crippen LogP contribution in [0.4, 0.5) is 10.3 Å². The number of halogens is 1. The molecule has 2 fully saturated rings. The number of nitrogens with one attached hydrogen (secondary N) is 1. The van der Waals surface area contributed by atoms with Crippen LogP contribution in [0.15, 0.2) is 36.7 Å². The van der Waals surface area contributed by atoms with Crippen molar-refractivity contribution in [1.82, 2.24) is 25.1 Å². The summed E-state index contributed by atoms with van der Waals surface area (Å²) in [5, 5.41) is 3.15. The van der Waals surface area contributed by atoms with Gasteiger partial charge in [0.2, 0.25) is 11.9 Å². The smallest absolute Gasteiger partial charge is 0.225 e. The molecule has 2 aliphatic rings. The number of carbonyl (C=O) groups is 1. The SMILES string of the molecule is CCCN1CCN(CCNC(=O)[C@H]2CCCN(c3ncc(-c4cccc(F)c4)cn3)C2)CC1. The van der Waals surface area contributed by atoms with Crippen LogP contribution in [0.3, 0.4) is 0 Å². The van der Waals surface area contributed by atoms with Gasteiger partial charge in [0.1, 0.15) is 5.82 Å². The molecule has 3 heterocycles. The van der Waals surface area contributed by atoms with Crippen molar-refractivity contribution in [2.75, 3.05) is 63.8 Å². The van der Waals surface area contributed by atoms with Crippen molar-refractivity contribution < 1.29 is 9.18 Å². The highest BCUT2D eigenvalue weighted by molar-refractivity contribution is 5.79. The highest BCUT2D eigenvalue weighted by Crippen LogP contribution is 2.23. The van der Waals surface area contributed by atoms with Crippen molar-refractivity contribution in [1.29, 1.82) is 0 Å². The number of benzene rings is 1. The van der Waals surface area contributed by atoms with E-state index in [2.05, 4.69) is 36.9 Å². The van der Waals surface area contributed by atoms with Gasteiger partial charge in [0.05, 0.1) is 5.92 Å². The van der Waals surface area contributed by atoms with Crippen molar-refractivity contribution in [3.8, 4) is 11.1 Å². The number of nitrogens with zero attached hydrogens (tertiary/aromatic N) is 5. The highest BCUT2D eigenvalue weighted by Gasteiger charge is 2.27. The third-order valence-corrected chi connectivity index (χ3v) is 6.60. The van der Waals surface area contributed by atoms with Crippen molar-refractivity contribution in [2.45, 2.75) is 26.2 Å². The molecule has 1 aromatic carbocycles. The van der Waals surface area contributed by atoms with Gasteiger partial charge in [0, 0.05) is 70.3 Å². The number of carbonyl (C=O) groups excluding carboxylic acids is 1. The van der Waals surface area contributed by atoms with Crippen LogP contribution in [-0.2, 0) is 4.79 Å². The summed E-state index contributed by atoms with van der Waals surface area (Å²) in [6.07, 6.45) is 6.48. The second-order valence-corrected chi connectivity index (χ2v) is 9.04. The van der Waals surface area contributed by atoms with E-state index in [0.717, 1.165) is 63.2 Å². The molecule has 8 heteroatoms. The zero-order valence-electron chi connectivity index (χ0n) is 19.5. The normalized spacial score (nSPS) is 20.1. The van der Waals surface area contributed by atoms with Crippen LogP contribution in [0, 0.1) is 11.7 Å².